The second kappa shape index (κ2) is 5.62. The lowest BCUT2D eigenvalue weighted by molar-refractivity contribution is 0.0201. The molecule has 2 heterocycles. The molecule has 1 aromatic heterocycles. The van der Waals surface area contributed by atoms with Gasteiger partial charge in [0.05, 0.1) is 13.2 Å². The molecule has 0 radical (unpaired) electrons. The number of aryl methyl sites for hydroxylation is 1. The van der Waals surface area contributed by atoms with Gasteiger partial charge in [-0.3, -0.25) is 9.69 Å². The van der Waals surface area contributed by atoms with E-state index in [1.165, 1.54) is 5.56 Å². The summed E-state index contributed by atoms with van der Waals surface area (Å²) >= 11 is 0. The normalized spacial score (nSPS) is 18.0. The summed E-state index contributed by atoms with van der Waals surface area (Å²) in [5, 5.41) is 1.08. The van der Waals surface area contributed by atoms with E-state index < -0.39 is 0 Å². The number of hydrogen-bond donors (Lipinski definition) is 1. The highest BCUT2D eigenvalue weighted by atomic mass is 16.5. The lowest BCUT2D eigenvalue weighted by atomic mass is 9.97. The van der Waals surface area contributed by atoms with E-state index in [-0.39, 0.29) is 11.8 Å². The molecule has 0 saturated carbocycles. The average molecular weight is 286 g/mol. The highest BCUT2D eigenvalue weighted by Gasteiger charge is 2.23. The second-order valence-electron chi connectivity index (χ2n) is 5.78. The first kappa shape index (κ1) is 14.3. The molecule has 1 fully saturated rings. The Morgan fingerprint density at radius 1 is 1.33 bits per heavy atom. The average Bonchev–Trinajstić information content (AvgIpc) is 2.83. The summed E-state index contributed by atoms with van der Waals surface area (Å²) < 4.78 is 5.44. The van der Waals surface area contributed by atoms with Crippen molar-refractivity contribution in [1.29, 1.82) is 0 Å². The smallest absolute Gasteiger partial charge is 0.162 e. The molecule has 1 saturated heterocycles. The van der Waals surface area contributed by atoms with Gasteiger partial charge in [0.25, 0.3) is 0 Å². The van der Waals surface area contributed by atoms with Gasteiger partial charge in [0.1, 0.15) is 0 Å². The summed E-state index contributed by atoms with van der Waals surface area (Å²) in [5.41, 5.74) is 4.07. The van der Waals surface area contributed by atoms with E-state index in [1.54, 1.807) is 6.92 Å². The summed E-state index contributed by atoms with van der Waals surface area (Å²) in [4.78, 5) is 17.8. The Morgan fingerprint density at radius 3 is 2.71 bits per heavy atom. The Balaban J connectivity index is 2.11. The van der Waals surface area contributed by atoms with Crippen LogP contribution in [0, 0.1) is 6.92 Å². The Kier molecular flexibility index (Phi) is 3.83. The topological polar surface area (TPSA) is 45.3 Å². The van der Waals surface area contributed by atoms with Gasteiger partial charge in [-0.05, 0) is 32.4 Å². The molecule has 3 rings (SSSR count). The molecule has 1 atom stereocenters. The molecular weight excluding hydrogens is 264 g/mol. The third-order valence-corrected chi connectivity index (χ3v) is 4.44. The molecule has 0 bridgehead atoms. The zero-order valence-corrected chi connectivity index (χ0v) is 12.9. The largest absolute Gasteiger partial charge is 0.379 e. The number of aromatic nitrogens is 1. The fraction of sp³-hybridized carbons (Fsp3) is 0.471. The zero-order valence-electron chi connectivity index (χ0n) is 12.9. The molecule has 2 aromatic rings. The van der Waals surface area contributed by atoms with E-state index in [2.05, 4.69) is 28.9 Å². The van der Waals surface area contributed by atoms with Crippen molar-refractivity contribution in [2.45, 2.75) is 26.8 Å². The van der Waals surface area contributed by atoms with Crippen LogP contribution in [0.5, 0.6) is 0 Å². The van der Waals surface area contributed by atoms with Crippen LogP contribution in [0.3, 0.4) is 0 Å². The van der Waals surface area contributed by atoms with E-state index in [0.717, 1.165) is 48.5 Å². The van der Waals surface area contributed by atoms with E-state index in [9.17, 15) is 4.79 Å². The summed E-state index contributed by atoms with van der Waals surface area (Å²) in [5.74, 6) is 0.125. The van der Waals surface area contributed by atoms with Crippen LogP contribution in [0.15, 0.2) is 18.2 Å². The molecule has 1 N–H and O–H groups in total. The van der Waals surface area contributed by atoms with Crippen molar-refractivity contribution in [1.82, 2.24) is 9.88 Å². The van der Waals surface area contributed by atoms with Gasteiger partial charge in [0.15, 0.2) is 5.78 Å². The highest BCUT2D eigenvalue weighted by Crippen LogP contribution is 2.32. The zero-order chi connectivity index (χ0) is 15.0. The number of ketones is 1. The molecule has 0 spiro atoms. The van der Waals surface area contributed by atoms with Crippen LogP contribution in [0.25, 0.3) is 10.9 Å². The number of fused-ring (bicyclic) bond motifs is 1. The molecule has 0 aliphatic carbocycles. The molecule has 4 heteroatoms. The number of ether oxygens (including phenoxy) is 1. The molecule has 1 aliphatic rings. The Morgan fingerprint density at radius 2 is 2.05 bits per heavy atom. The summed E-state index contributed by atoms with van der Waals surface area (Å²) in [6, 6.07) is 6.53. The minimum atomic E-state index is 0.125. The number of benzene rings is 1. The maximum Gasteiger partial charge on any atom is 0.162 e. The minimum Gasteiger partial charge on any atom is -0.379 e. The first-order chi connectivity index (χ1) is 10.1. The van der Waals surface area contributed by atoms with Crippen LogP contribution in [0.2, 0.25) is 0 Å². The van der Waals surface area contributed by atoms with E-state index in [0.29, 0.717) is 0 Å². The van der Waals surface area contributed by atoms with Gasteiger partial charge in [-0.2, -0.15) is 0 Å². The van der Waals surface area contributed by atoms with E-state index in [1.807, 2.05) is 13.0 Å². The number of carbonyl (C=O) groups excluding carboxylic acids is 1. The molecule has 0 amide bonds. The van der Waals surface area contributed by atoms with E-state index >= 15 is 0 Å². The first-order valence-corrected chi connectivity index (χ1v) is 7.53. The van der Waals surface area contributed by atoms with Gasteiger partial charge in [-0.15, -0.1) is 0 Å². The van der Waals surface area contributed by atoms with Crippen molar-refractivity contribution < 1.29 is 9.53 Å². The maximum absolute atomic E-state index is 12.0. The van der Waals surface area contributed by atoms with Gasteiger partial charge in [0.2, 0.25) is 0 Å². The van der Waals surface area contributed by atoms with Crippen LogP contribution in [-0.4, -0.2) is 42.0 Å². The number of nitrogens with one attached hydrogen (secondary N) is 1. The SMILES string of the molecule is CC(=O)c1c(C)[nH]c2cccc(C(C)N3CCOCC3)c12. The minimum absolute atomic E-state index is 0.125. The lowest BCUT2D eigenvalue weighted by Gasteiger charge is -2.33. The molecule has 1 aromatic carbocycles. The van der Waals surface area contributed by atoms with Gasteiger partial charge >= 0.3 is 0 Å². The molecule has 4 nitrogen and oxygen atoms in total. The van der Waals surface area contributed by atoms with Gasteiger partial charge in [0, 0.05) is 41.3 Å². The molecule has 1 aliphatic heterocycles. The highest BCUT2D eigenvalue weighted by molar-refractivity contribution is 6.09. The van der Waals surface area contributed by atoms with Crippen LogP contribution in [-0.2, 0) is 4.74 Å². The predicted octanol–water partition coefficient (Wildman–Crippen LogP) is 3.07. The van der Waals surface area contributed by atoms with Crippen molar-refractivity contribution in [3.63, 3.8) is 0 Å². The second-order valence-corrected chi connectivity index (χ2v) is 5.78. The number of carbonyl (C=O) groups is 1. The number of aromatic amines is 1. The number of hydrogen-bond acceptors (Lipinski definition) is 3. The van der Waals surface area contributed by atoms with Gasteiger partial charge in [-0.25, -0.2) is 0 Å². The summed E-state index contributed by atoms with van der Waals surface area (Å²) in [6.45, 7) is 9.28. The van der Waals surface area contributed by atoms with Crippen molar-refractivity contribution in [3.8, 4) is 0 Å². The fourth-order valence-electron chi connectivity index (χ4n) is 3.36. The monoisotopic (exact) mass is 286 g/mol. The van der Waals surface area contributed by atoms with Crippen LogP contribution in [0.4, 0.5) is 0 Å². The molecule has 1 unspecified atom stereocenters. The number of rotatable bonds is 3. The maximum atomic E-state index is 12.0. The lowest BCUT2D eigenvalue weighted by Crippen LogP contribution is -2.38. The number of nitrogens with zero attached hydrogens (tertiary/aromatic N) is 1. The Bertz CT molecular complexity index is 669. The molecule has 21 heavy (non-hydrogen) atoms. The van der Waals surface area contributed by atoms with Gasteiger partial charge < -0.3 is 9.72 Å². The number of morpholine rings is 1. The van der Waals surface area contributed by atoms with Crippen molar-refractivity contribution in [2.75, 3.05) is 26.3 Å². The van der Waals surface area contributed by atoms with Crippen molar-refractivity contribution >= 4 is 16.7 Å². The van der Waals surface area contributed by atoms with Crippen molar-refractivity contribution in [3.05, 3.63) is 35.0 Å². The van der Waals surface area contributed by atoms with Crippen molar-refractivity contribution in [2.24, 2.45) is 0 Å². The van der Waals surface area contributed by atoms with E-state index in [4.69, 9.17) is 4.74 Å². The fourth-order valence-corrected chi connectivity index (χ4v) is 3.36. The molecular formula is C17H22N2O2. The Hall–Kier alpha value is -1.65. The van der Waals surface area contributed by atoms with Crippen LogP contribution < -0.4 is 0 Å². The predicted molar refractivity (Wildman–Crippen MR) is 83.8 cm³/mol. The number of H-pyrrole nitrogens is 1. The standard InChI is InChI=1S/C17H22N2O2/c1-11-16(13(3)20)17-14(5-4-6-15(17)18-11)12(2)19-7-9-21-10-8-19/h4-6,12,18H,7-10H2,1-3H3. The summed E-state index contributed by atoms with van der Waals surface area (Å²) in [7, 11) is 0. The quantitative estimate of drug-likeness (QED) is 0.882. The third kappa shape index (κ3) is 2.49. The Labute approximate surface area is 125 Å². The molecule has 112 valence electrons. The summed E-state index contributed by atoms with van der Waals surface area (Å²) in [6.07, 6.45) is 0. The van der Waals surface area contributed by atoms with Gasteiger partial charge in [-0.1, -0.05) is 12.1 Å². The first-order valence-electron chi connectivity index (χ1n) is 7.53. The number of Topliss-reactive ketones (excluding diaryl/α,β-unsaturated/α-hetero) is 1. The van der Waals surface area contributed by atoms with Crippen LogP contribution >= 0.6 is 0 Å². The third-order valence-electron chi connectivity index (χ3n) is 4.44. The van der Waals surface area contributed by atoms with Crippen LogP contribution in [0.1, 0.15) is 41.5 Å².